The zero-order valence-electron chi connectivity index (χ0n) is 14.3. The van der Waals surface area contributed by atoms with Crippen molar-refractivity contribution in [1.82, 2.24) is 14.6 Å². The molecule has 2 heterocycles. The van der Waals surface area contributed by atoms with Crippen LogP contribution >= 0.6 is 11.3 Å². The summed E-state index contributed by atoms with van der Waals surface area (Å²) in [6.07, 6.45) is 1.89. The first-order chi connectivity index (χ1) is 12.2. The second-order valence-electron chi connectivity index (χ2n) is 6.36. The molecule has 0 saturated carbocycles. The molecule has 0 aliphatic rings. The second kappa shape index (κ2) is 6.69. The van der Waals surface area contributed by atoms with Gasteiger partial charge in [-0.3, -0.25) is 0 Å². The van der Waals surface area contributed by atoms with Crippen LogP contribution in [-0.4, -0.2) is 14.6 Å². The molecule has 2 aromatic carbocycles. The number of fused-ring (bicyclic) bond motifs is 1. The van der Waals surface area contributed by atoms with Gasteiger partial charge in [-0.05, 0) is 17.0 Å². The lowest BCUT2D eigenvalue weighted by molar-refractivity contribution is 0.866. The van der Waals surface area contributed by atoms with E-state index in [1.165, 1.54) is 11.1 Å². The SMILES string of the molecule is CC(C)c1ccc(-c2cnc3sc(NCc4ccccc4)nn23)cc1. The van der Waals surface area contributed by atoms with Gasteiger partial charge in [0.25, 0.3) is 0 Å². The fourth-order valence-corrected chi connectivity index (χ4v) is 3.54. The van der Waals surface area contributed by atoms with Crippen molar-refractivity contribution >= 4 is 21.4 Å². The Morgan fingerprint density at radius 2 is 1.80 bits per heavy atom. The van der Waals surface area contributed by atoms with Crippen LogP contribution in [0.15, 0.2) is 60.8 Å². The van der Waals surface area contributed by atoms with Crippen molar-refractivity contribution < 1.29 is 0 Å². The van der Waals surface area contributed by atoms with Crippen LogP contribution in [0.3, 0.4) is 0 Å². The molecule has 4 nitrogen and oxygen atoms in total. The van der Waals surface area contributed by atoms with Crippen molar-refractivity contribution in [2.75, 3.05) is 5.32 Å². The van der Waals surface area contributed by atoms with Gasteiger partial charge >= 0.3 is 0 Å². The molecule has 4 rings (SSSR count). The standard InChI is InChI=1S/C20H20N4S/c1-14(2)16-8-10-17(11-9-16)18-13-22-20-24(18)23-19(25-20)21-12-15-6-4-3-5-7-15/h3-11,13-14H,12H2,1-2H3,(H,21,23). The molecule has 0 fully saturated rings. The first kappa shape index (κ1) is 15.8. The summed E-state index contributed by atoms with van der Waals surface area (Å²) in [4.78, 5) is 5.41. The number of benzene rings is 2. The molecular formula is C20H20N4S. The third kappa shape index (κ3) is 3.28. The number of nitrogens with zero attached hydrogens (tertiary/aromatic N) is 3. The van der Waals surface area contributed by atoms with Gasteiger partial charge in [-0.15, -0.1) is 5.10 Å². The summed E-state index contributed by atoms with van der Waals surface area (Å²) in [6, 6.07) is 19.0. The molecule has 0 atom stereocenters. The van der Waals surface area contributed by atoms with E-state index in [2.05, 4.69) is 65.6 Å². The Morgan fingerprint density at radius 1 is 1.04 bits per heavy atom. The van der Waals surface area contributed by atoms with Crippen LogP contribution in [0, 0.1) is 0 Å². The molecular weight excluding hydrogens is 328 g/mol. The Hall–Kier alpha value is -2.66. The quantitative estimate of drug-likeness (QED) is 0.539. The van der Waals surface area contributed by atoms with Crippen LogP contribution in [0.4, 0.5) is 5.13 Å². The Labute approximate surface area is 151 Å². The fourth-order valence-electron chi connectivity index (χ4n) is 2.77. The smallest absolute Gasteiger partial charge is 0.214 e. The third-order valence-electron chi connectivity index (χ3n) is 4.25. The second-order valence-corrected chi connectivity index (χ2v) is 7.32. The summed E-state index contributed by atoms with van der Waals surface area (Å²) in [5.41, 5.74) is 4.74. The van der Waals surface area contributed by atoms with Gasteiger partial charge in [-0.2, -0.15) is 0 Å². The van der Waals surface area contributed by atoms with Crippen molar-refractivity contribution in [2.24, 2.45) is 0 Å². The summed E-state index contributed by atoms with van der Waals surface area (Å²) in [7, 11) is 0. The maximum atomic E-state index is 4.68. The summed E-state index contributed by atoms with van der Waals surface area (Å²) < 4.78 is 1.92. The Bertz CT molecular complexity index is 968. The molecule has 5 heteroatoms. The van der Waals surface area contributed by atoms with E-state index in [0.29, 0.717) is 5.92 Å². The van der Waals surface area contributed by atoms with E-state index in [0.717, 1.165) is 27.9 Å². The van der Waals surface area contributed by atoms with Gasteiger partial charge in [0.05, 0.1) is 11.9 Å². The van der Waals surface area contributed by atoms with Gasteiger partial charge < -0.3 is 5.32 Å². The summed E-state index contributed by atoms with van der Waals surface area (Å²) in [5.74, 6) is 0.535. The molecule has 0 spiro atoms. The number of imidazole rings is 1. The van der Waals surface area contributed by atoms with Crippen LogP contribution < -0.4 is 5.32 Å². The largest absolute Gasteiger partial charge is 0.356 e. The lowest BCUT2D eigenvalue weighted by Gasteiger charge is -2.06. The van der Waals surface area contributed by atoms with Gasteiger partial charge in [0, 0.05) is 12.1 Å². The molecule has 0 saturated heterocycles. The first-order valence-electron chi connectivity index (χ1n) is 8.43. The van der Waals surface area contributed by atoms with Crippen molar-refractivity contribution in [3.8, 4) is 11.3 Å². The molecule has 126 valence electrons. The van der Waals surface area contributed by atoms with Crippen LogP contribution in [0.5, 0.6) is 0 Å². The third-order valence-corrected chi connectivity index (χ3v) is 5.13. The number of nitrogens with one attached hydrogen (secondary N) is 1. The van der Waals surface area contributed by atoms with Gasteiger partial charge in [0.15, 0.2) is 0 Å². The molecule has 2 aromatic heterocycles. The van der Waals surface area contributed by atoms with E-state index in [4.69, 9.17) is 0 Å². The molecule has 0 bridgehead atoms. The number of anilines is 1. The van der Waals surface area contributed by atoms with Crippen molar-refractivity contribution in [1.29, 1.82) is 0 Å². The van der Waals surface area contributed by atoms with Crippen molar-refractivity contribution in [2.45, 2.75) is 26.3 Å². The van der Waals surface area contributed by atoms with Crippen LogP contribution in [-0.2, 0) is 6.54 Å². The molecule has 4 aromatic rings. The van der Waals surface area contributed by atoms with Crippen molar-refractivity contribution in [3.63, 3.8) is 0 Å². The lowest BCUT2D eigenvalue weighted by Crippen LogP contribution is -1.99. The van der Waals surface area contributed by atoms with E-state index in [1.807, 2.05) is 28.9 Å². The lowest BCUT2D eigenvalue weighted by atomic mass is 10.0. The molecule has 0 unspecified atom stereocenters. The number of rotatable bonds is 5. The number of hydrogen-bond acceptors (Lipinski definition) is 4. The highest BCUT2D eigenvalue weighted by Gasteiger charge is 2.12. The van der Waals surface area contributed by atoms with E-state index in [-0.39, 0.29) is 0 Å². The Balaban J connectivity index is 1.58. The average molecular weight is 348 g/mol. The topological polar surface area (TPSA) is 42.2 Å². The Kier molecular flexibility index (Phi) is 4.24. The molecule has 0 radical (unpaired) electrons. The summed E-state index contributed by atoms with van der Waals surface area (Å²) in [6.45, 7) is 5.17. The van der Waals surface area contributed by atoms with Crippen LogP contribution in [0.1, 0.15) is 30.9 Å². The molecule has 0 aliphatic heterocycles. The molecule has 0 aliphatic carbocycles. The zero-order valence-corrected chi connectivity index (χ0v) is 15.1. The van der Waals surface area contributed by atoms with Crippen LogP contribution in [0.25, 0.3) is 16.2 Å². The maximum absolute atomic E-state index is 4.68. The predicted octanol–water partition coefficient (Wildman–Crippen LogP) is 5.19. The zero-order chi connectivity index (χ0) is 17.2. The average Bonchev–Trinajstić information content (AvgIpc) is 3.21. The first-order valence-corrected chi connectivity index (χ1v) is 9.25. The number of aromatic nitrogens is 3. The normalized spacial score (nSPS) is 11.3. The molecule has 25 heavy (non-hydrogen) atoms. The van der Waals surface area contributed by atoms with E-state index in [9.17, 15) is 0 Å². The van der Waals surface area contributed by atoms with Crippen molar-refractivity contribution in [3.05, 3.63) is 71.9 Å². The van der Waals surface area contributed by atoms with Gasteiger partial charge in [0.1, 0.15) is 0 Å². The molecule has 1 N–H and O–H groups in total. The number of hydrogen-bond donors (Lipinski definition) is 1. The minimum Gasteiger partial charge on any atom is -0.356 e. The van der Waals surface area contributed by atoms with E-state index >= 15 is 0 Å². The van der Waals surface area contributed by atoms with Gasteiger partial charge in [-0.25, -0.2) is 9.50 Å². The highest BCUT2D eigenvalue weighted by molar-refractivity contribution is 7.20. The predicted molar refractivity (Wildman–Crippen MR) is 104 cm³/mol. The highest BCUT2D eigenvalue weighted by Crippen LogP contribution is 2.27. The monoisotopic (exact) mass is 348 g/mol. The van der Waals surface area contributed by atoms with Gasteiger partial charge in [0.2, 0.25) is 10.1 Å². The molecule has 0 amide bonds. The highest BCUT2D eigenvalue weighted by atomic mass is 32.1. The maximum Gasteiger partial charge on any atom is 0.214 e. The van der Waals surface area contributed by atoms with Crippen LogP contribution in [0.2, 0.25) is 0 Å². The van der Waals surface area contributed by atoms with E-state index < -0.39 is 0 Å². The van der Waals surface area contributed by atoms with E-state index in [1.54, 1.807) is 11.3 Å². The summed E-state index contributed by atoms with van der Waals surface area (Å²) >= 11 is 1.57. The summed E-state index contributed by atoms with van der Waals surface area (Å²) in [5, 5.41) is 8.95. The minimum atomic E-state index is 0.535. The Morgan fingerprint density at radius 3 is 2.52 bits per heavy atom. The fraction of sp³-hybridized carbons (Fsp3) is 0.200. The minimum absolute atomic E-state index is 0.535. The van der Waals surface area contributed by atoms with Gasteiger partial charge in [-0.1, -0.05) is 79.8 Å².